The Balaban J connectivity index is 1.72. The zero-order chi connectivity index (χ0) is 28.6. The van der Waals surface area contributed by atoms with Crippen molar-refractivity contribution >= 4 is 110 Å². The summed E-state index contributed by atoms with van der Waals surface area (Å²) >= 11 is 32.0. The van der Waals surface area contributed by atoms with Gasteiger partial charge in [0, 0.05) is 5.69 Å². The van der Waals surface area contributed by atoms with E-state index in [1.54, 1.807) is 30.3 Å². The molecule has 0 radical (unpaired) electrons. The van der Waals surface area contributed by atoms with Crippen LogP contribution < -0.4 is 10.2 Å². The largest absolute Gasteiger partial charge is 0.614 e. The van der Waals surface area contributed by atoms with Gasteiger partial charge in [-0.3, -0.25) is 19.4 Å². The number of esters is 1. The lowest BCUT2D eigenvalue weighted by atomic mass is 9.96. The van der Waals surface area contributed by atoms with Crippen molar-refractivity contribution < 1.29 is 33.2 Å². The zero-order valence-electron chi connectivity index (χ0n) is 19.7. The maximum absolute atomic E-state index is 13.2. The highest BCUT2D eigenvalue weighted by Gasteiger charge is 2.73. The Morgan fingerprint density at radius 1 is 1.05 bits per heavy atom. The van der Waals surface area contributed by atoms with Gasteiger partial charge in [0.25, 0.3) is 5.91 Å². The Labute approximate surface area is 251 Å². The summed E-state index contributed by atoms with van der Waals surface area (Å²) < 4.78 is 18.3. The van der Waals surface area contributed by atoms with Gasteiger partial charge in [0.05, 0.1) is 0 Å². The first-order chi connectivity index (χ1) is 17.4. The van der Waals surface area contributed by atoms with Gasteiger partial charge in [-0.1, -0.05) is 87.8 Å². The van der Waals surface area contributed by atoms with Crippen molar-refractivity contribution in [3.8, 4) is 0 Å². The van der Waals surface area contributed by atoms with Crippen molar-refractivity contribution in [1.82, 2.24) is 10.2 Å². The van der Waals surface area contributed by atoms with Crippen LogP contribution >= 0.6 is 69.6 Å². The first-order valence-corrected chi connectivity index (χ1v) is 14.2. The fourth-order valence-corrected chi connectivity index (χ4v) is 6.20. The smallest absolute Gasteiger partial charge is 0.414 e. The Hall–Kier alpha value is -1.05. The molecule has 1 N–H and O–H groups in total. The summed E-state index contributed by atoms with van der Waals surface area (Å²) in [5.41, 5.74) is 0.292. The number of para-hydroxylation sites is 1. The van der Waals surface area contributed by atoms with Crippen molar-refractivity contribution in [3.05, 3.63) is 30.3 Å². The summed E-state index contributed by atoms with van der Waals surface area (Å²) in [6.45, 7) is 1.30. The number of ether oxygens (including phenoxy) is 2. The second-order valence-electron chi connectivity index (χ2n) is 8.80. The van der Waals surface area contributed by atoms with E-state index in [1.165, 1.54) is 13.8 Å². The third-order valence-corrected chi connectivity index (χ3v) is 8.47. The number of alkyl halides is 6. The summed E-state index contributed by atoms with van der Waals surface area (Å²) in [6.07, 6.45) is -0.985. The maximum Gasteiger partial charge on any atom is 0.414 e. The van der Waals surface area contributed by atoms with Gasteiger partial charge < -0.3 is 19.3 Å². The number of rotatable bonds is 7. The van der Waals surface area contributed by atoms with E-state index >= 15 is 0 Å². The molecule has 3 rings (SSSR count). The van der Waals surface area contributed by atoms with Crippen molar-refractivity contribution in [2.45, 2.75) is 43.6 Å². The monoisotopic (exact) mass is 669 g/mol. The Bertz CT molecular complexity index is 1090. The highest BCUT2D eigenvalue weighted by Crippen LogP contribution is 2.46. The van der Waals surface area contributed by atoms with Gasteiger partial charge in [-0.05, 0) is 37.2 Å². The highest BCUT2D eigenvalue weighted by molar-refractivity contribution is 7.94. The predicted molar refractivity (Wildman–Crippen MR) is 145 cm³/mol. The molecule has 1 aromatic carbocycles. The van der Waals surface area contributed by atoms with E-state index in [0.717, 1.165) is 9.80 Å². The van der Waals surface area contributed by atoms with Crippen LogP contribution in [0, 0.1) is 0 Å². The number of benzene rings is 1. The van der Waals surface area contributed by atoms with Crippen molar-refractivity contribution in [3.63, 3.8) is 0 Å². The number of fused-ring (bicyclic) bond motifs is 1. The van der Waals surface area contributed by atoms with Crippen LogP contribution in [0.1, 0.15) is 13.8 Å². The number of β-lactam (4-membered cyclic amide) rings is 1. The minimum atomic E-state index is -1.88. The van der Waals surface area contributed by atoms with Crippen LogP contribution in [0.2, 0.25) is 0 Å². The van der Waals surface area contributed by atoms with Crippen LogP contribution in [-0.2, 0) is 35.0 Å². The van der Waals surface area contributed by atoms with Crippen LogP contribution in [0.25, 0.3) is 0 Å². The molecule has 17 heteroatoms. The molecule has 2 saturated heterocycles. The van der Waals surface area contributed by atoms with E-state index in [-0.39, 0.29) is 0 Å². The van der Waals surface area contributed by atoms with Crippen LogP contribution in [0.3, 0.4) is 0 Å². The number of halogens is 6. The lowest BCUT2D eigenvalue weighted by Gasteiger charge is -2.41. The van der Waals surface area contributed by atoms with Crippen LogP contribution in [-0.4, -0.2) is 82.9 Å². The topological polar surface area (TPSA) is 128 Å². The van der Waals surface area contributed by atoms with E-state index < -0.39 is 84.6 Å². The number of carbonyl (C=O) groups excluding carboxylic acids is 4. The molecule has 2 aliphatic rings. The van der Waals surface area contributed by atoms with Crippen LogP contribution in [0.5, 0.6) is 0 Å². The molecule has 2 aliphatic heterocycles. The predicted octanol–water partition coefficient (Wildman–Crippen LogP) is 3.48. The van der Waals surface area contributed by atoms with Gasteiger partial charge in [0.15, 0.2) is 16.8 Å². The molecular formula is C21H21Cl6N3O7S. The number of amides is 3. The van der Waals surface area contributed by atoms with E-state index in [9.17, 15) is 23.7 Å². The molecular weight excluding hydrogens is 651 g/mol. The zero-order valence-corrected chi connectivity index (χ0v) is 25.0. The molecule has 0 spiro atoms. The quantitative estimate of drug-likeness (QED) is 0.204. The number of anilines is 1. The molecule has 38 heavy (non-hydrogen) atoms. The maximum atomic E-state index is 13.2. The average molecular weight is 672 g/mol. The fourth-order valence-electron chi connectivity index (χ4n) is 3.96. The van der Waals surface area contributed by atoms with Gasteiger partial charge in [0.2, 0.25) is 18.9 Å². The molecule has 4 atom stereocenters. The van der Waals surface area contributed by atoms with Crippen molar-refractivity contribution in [2.75, 3.05) is 24.7 Å². The van der Waals surface area contributed by atoms with E-state index in [2.05, 4.69) is 5.32 Å². The third kappa shape index (κ3) is 7.17. The Kier molecular flexibility index (Phi) is 9.79. The fraction of sp³-hybridized carbons (Fsp3) is 0.524. The number of hydrogen-bond acceptors (Lipinski definition) is 7. The Morgan fingerprint density at radius 3 is 2.16 bits per heavy atom. The molecule has 210 valence electrons. The summed E-state index contributed by atoms with van der Waals surface area (Å²) in [5, 5.41) is 1.46. The molecule has 2 heterocycles. The van der Waals surface area contributed by atoms with Crippen LogP contribution in [0.4, 0.5) is 10.5 Å². The van der Waals surface area contributed by atoms with Gasteiger partial charge in [-0.25, -0.2) is 9.59 Å². The lowest BCUT2D eigenvalue weighted by Crippen LogP contribution is -2.72. The summed E-state index contributed by atoms with van der Waals surface area (Å²) in [7, 11) is 0. The lowest BCUT2D eigenvalue weighted by molar-refractivity contribution is -0.164. The molecule has 0 saturated carbocycles. The molecule has 2 fully saturated rings. The summed E-state index contributed by atoms with van der Waals surface area (Å²) in [6, 6.07) is 5.58. The second-order valence-corrected chi connectivity index (χ2v) is 16.0. The molecule has 3 amide bonds. The number of nitrogens with one attached hydrogen (secondary N) is 1. The Morgan fingerprint density at radius 2 is 1.61 bits per heavy atom. The van der Waals surface area contributed by atoms with E-state index in [1.807, 2.05) is 0 Å². The number of nitrogens with zero attached hydrogens (tertiary/aromatic N) is 2. The molecule has 0 bridgehead atoms. The molecule has 0 aliphatic carbocycles. The molecule has 0 aromatic heterocycles. The van der Waals surface area contributed by atoms with Gasteiger partial charge in [-0.15, -0.1) is 0 Å². The van der Waals surface area contributed by atoms with Gasteiger partial charge in [0.1, 0.15) is 19.8 Å². The van der Waals surface area contributed by atoms with Crippen molar-refractivity contribution in [1.29, 1.82) is 0 Å². The van der Waals surface area contributed by atoms with E-state index in [0.29, 0.717) is 5.69 Å². The molecule has 10 nitrogen and oxygen atoms in total. The minimum absolute atomic E-state index is 0.292. The normalized spacial score (nSPS) is 24.2. The third-order valence-electron chi connectivity index (χ3n) is 5.62. The highest BCUT2D eigenvalue weighted by atomic mass is 35.6. The van der Waals surface area contributed by atoms with Gasteiger partial charge >= 0.3 is 12.1 Å². The first-order valence-electron chi connectivity index (χ1n) is 10.8. The van der Waals surface area contributed by atoms with Crippen molar-refractivity contribution in [2.24, 2.45) is 0 Å². The second kappa shape index (κ2) is 11.8. The number of hydrogen-bond donors (Lipinski definition) is 1. The standard InChI is InChI=1S/C21H21Cl6N3O7S/c1-19(2)14(17(33)36-9-20(22,23)24)30-15(32)13(16(30)38(19)35)28-12(31)8-29(11-6-4-3-5-7-11)18(34)37-10-21(25,26)27/h3-7,13-14,16H,8-10H2,1-2H3,(H,28,31)/t13?,14?,16-,38?/m1/s1. The SMILES string of the molecule is CC1(C)C(C(=O)OCC(Cl)(Cl)Cl)N2C(=O)C(NC(=O)CN(C(=O)OCC(Cl)(Cl)Cl)c3ccccc3)[C@H]2[S+]1[O-]. The summed E-state index contributed by atoms with van der Waals surface area (Å²) in [4.78, 5) is 53.4. The van der Waals surface area contributed by atoms with Crippen LogP contribution in [0.15, 0.2) is 30.3 Å². The number of carbonyl (C=O) groups is 4. The minimum Gasteiger partial charge on any atom is -0.614 e. The first kappa shape index (κ1) is 31.5. The molecule has 3 unspecified atom stereocenters. The molecule has 1 aromatic rings. The van der Waals surface area contributed by atoms with Gasteiger partial charge in [-0.2, -0.15) is 0 Å². The average Bonchev–Trinajstić information content (AvgIpc) is 3.00. The summed E-state index contributed by atoms with van der Waals surface area (Å²) in [5.74, 6) is -2.33. The van der Waals surface area contributed by atoms with E-state index in [4.69, 9.17) is 79.1 Å².